The average molecular weight is 852 g/mol. The van der Waals surface area contributed by atoms with Gasteiger partial charge in [0, 0.05) is 34.9 Å². The maximum Gasteiger partial charge on any atom is 0.407 e. The number of H-pyrrole nitrogens is 2. The van der Waals surface area contributed by atoms with Crippen LogP contribution in [0.2, 0.25) is 0 Å². The number of ether oxygens (including phenoxy) is 3. The third kappa shape index (κ3) is 7.72. The van der Waals surface area contributed by atoms with Gasteiger partial charge in [0.25, 0.3) is 0 Å². The lowest BCUT2D eigenvalue weighted by molar-refractivity contribution is -0.137. The Morgan fingerprint density at radius 3 is 2.37 bits per heavy atom. The van der Waals surface area contributed by atoms with Gasteiger partial charge in [-0.1, -0.05) is 69.3 Å². The van der Waals surface area contributed by atoms with Crippen molar-refractivity contribution in [3.8, 4) is 28.1 Å². The molecule has 4 N–H and O–H groups in total. The van der Waals surface area contributed by atoms with Gasteiger partial charge in [0.15, 0.2) is 0 Å². The highest BCUT2D eigenvalue weighted by Gasteiger charge is 2.42. The van der Waals surface area contributed by atoms with E-state index in [1.165, 1.54) is 14.2 Å². The van der Waals surface area contributed by atoms with Crippen LogP contribution in [0, 0.1) is 11.8 Å². The Morgan fingerprint density at radius 2 is 1.60 bits per heavy atom. The molecule has 0 radical (unpaired) electrons. The summed E-state index contributed by atoms with van der Waals surface area (Å²) in [5, 5.41) is 7.50. The van der Waals surface area contributed by atoms with Crippen molar-refractivity contribution < 1.29 is 33.4 Å². The van der Waals surface area contributed by atoms with E-state index in [0.717, 1.165) is 80.5 Å². The number of alkyl carbamates (subject to hydrolysis) is 2. The molecule has 0 bridgehead atoms. The third-order valence-electron chi connectivity index (χ3n) is 13.0. The number of amides is 4. The Kier molecular flexibility index (Phi) is 11.1. The molecule has 6 atom stereocenters. The van der Waals surface area contributed by atoms with Gasteiger partial charge in [0.05, 0.1) is 37.3 Å². The normalized spacial score (nSPS) is 20.2. The molecular formula is C49H53N7O7. The number of nitrogens with one attached hydrogen (secondary N) is 4. The monoisotopic (exact) mass is 851 g/mol. The predicted octanol–water partition coefficient (Wildman–Crippen LogP) is 8.71. The number of likely N-dealkylation sites (tertiary alicyclic amines) is 2. The Balaban J connectivity index is 0.967. The standard InChI is InChI=1S/C49H53N7O7/c1-26(2)42(53-48(59)61-5)47(58)56-28(4)12-19-39(56)45-51-38-16-14-30-22-35-33-15-13-31(21-32(33)25-63-41(35)23-34(30)44(38)52-45)36-17-18-37(50-36)40-20-27(3)24-55(40)46(57)43(54-49(60)62-6)29-10-8-7-9-11-29/h7-11,13-18,21-23,26-28,39-40,42-43,50H,12,19-20,24-25H2,1-6H3,(H,51,52)(H,53,59)(H,54,60)/t27-,28-,39-,40-,42-,43+/m0/s1. The Hall–Kier alpha value is -6.83. The lowest BCUT2D eigenvalue weighted by Gasteiger charge is -2.32. The smallest absolute Gasteiger partial charge is 0.407 e. The van der Waals surface area contributed by atoms with Gasteiger partial charge in [-0.25, -0.2) is 14.6 Å². The summed E-state index contributed by atoms with van der Waals surface area (Å²) in [5.74, 6) is 1.29. The van der Waals surface area contributed by atoms with Crippen LogP contribution in [0.1, 0.15) is 87.7 Å². The van der Waals surface area contributed by atoms with Crippen molar-refractivity contribution in [2.75, 3.05) is 20.8 Å². The largest absolute Gasteiger partial charge is 0.488 e. The maximum absolute atomic E-state index is 14.2. The number of aromatic amines is 2. The maximum atomic E-state index is 14.2. The molecule has 0 aliphatic carbocycles. The molecule has 14 nitrogen and oxygen atoms in total. The van der Waals surface area contributed by atoms with Crippen LogP contribution in [0.25, 0.3) is 44.2 Å². The fraction of sp³-hybridized carbons (Fsp3) is 0.367. The van der Waals surface area contributed by atoms with E-state index in [4.69, 9.17) is 19.2 Å². The average Bonchev–Trinajstić information content (AvgIpc) is 4.12. The minimum Gasteiger partial charge on any atom is -0.488 e. The molecule has 2 saturated heterocycles. The number of fused-ring (bicyclic) bond motifs is 6. The van der Waals surface area contributed by atoms with E-state index >= 15 is 0 Å². The van der Waals surface area contributed by atoms with Gasteiger partial charge >= 0.3 is 12.2 Å². The molecule has 0 unspecified atom stereocenters. The van der Waals surface area contributed by atoms with E-state index in [9.17, 15) is 19.2 Å². The van der Waals surface area contributed by atoms with E-state index in [0.29, 0.717) is 24.5 Å². The van der Waals surface area contributed by atoms with Crippen LogP contribution in [-0.4, -0.2) is 81.6 Å². The van der Waals surface area contributed by atoms with Crippen molar-refractivity contribution in [2.24, 2.45) is 11.8 Å². The van der Waals surface area contributed by atoms with Crippen LogP contribution in [0.15, 0.2) is 84.9 Å². The first-order valence-electron chi connectivity index (χ1n) is 21.7. The molecule has 4 amide bonds. The Labute approximate surface area is 365 Å². The summed E-state index contributed by atoms with van der Waals surface area (Å²) >= 11 is 0. The molecular weight excluding hydrogens is 799 g/mol. The summed E-state index contributed by atoms with van der Waals surface area (Å²) < 4.78 is 16.2. The molecule has 6 aromatic rings. The van der Waals surface area contributed by atoms with E-state index in [1.54, 1.807) is 0 Å². The lowest BCUT2D eigenvalue weighted by atomic mass is 9.92. The SMILES string of the molecule is COC(=O)N[C@H](C(=O)N1[C@@H](C)CC[C@H]1c1nc2ccc3cc4c(cc3c2[nH]1)OCc1cc(-c2ccc([C@@H]3C[C@H](C)CN3C(=O)[C@H](NC(=O)OC)c3ccccc3)[nH]2)ccc1-4)C(C)C. The van der Waals surface area contributed by atoms with Crippen molar-refractivity contribution in [1.82, 2.24) is 35.4 Å². The zero-order valence-corrected chi connectivity index (χ0v) is 36.4. The number of hydrogen-bond donors (Lipinski definition) is 4. The first-order valence-corrected chi connectivity index (χ1v) is 21.7. The molecule has 14 heteroatoms. The summed E-state index contributed by atoms with van der Waals surface area (Å²) in [4.78, 5) is 68.7. The van der Waals surface area contributed by atoms with Crippen LogP contribution >= 0.6 is 0 Å². The second-order valence-electron chi connectivity index (χ2n) is 17.5. The molecule has 3 aliphatic heterocycles. The topological polar surface area (TPSA) is 171 Å². The molecule has 2 aromatic heterocycles. The summed E-state index contributed by atoms with van der Waals surface area (Å²) in [6, 6.07) is 26.0. The number of carbonyl (C=O) groups is 4. The quantitative estimate of drug-likeness (QED) is 0.112. The number of methoxy groups -OCH3 is 2. The van der Waals surface area contributed by atoms with Crippen LogP contribution in [-0.2, 0) is 25.7 Å². The minimum atomic E-state index is -0.879. The summed E-state index contributed by atoms with van der Waals surface area (Å²) in [5.41, 5.74) is 8.41. The van der Waals surface area contributed by atoms with Crippen molar-refractivity contribution in [2.45, 2.75) is 83.8 Å². The van der Waals surface area contributed by atoms with Crippen LogP contribution in [0.4, 0.5) is 9.59 Å². The van der Waals surface area contributed by atoms with Gasteiger partial charge in [-0.15, -0.1) is 0 Å². The number of rotatable bonds is 9. The van der Waals surface area contributed by atoms with Crippen LogP contribution < -0.4 is 15.4 Å². The third-order valence-corrected chi connectivity index (χ3v) is 13.0. The van der Waals surface area contributed by atoms with Gasteiger partial charge in [-0.3, -0.25) is 9.59 Å². The zero-order chi connectivity index (χ0) is 44.1. The van der Waals surface area contributed by atoms with Crippen molar-refractivity contribution in [1.29, 1.82) is 0 Å². The van der Waals surface area contributed by atoms with E-state index in [-0.39, 0.29) is 41.8 Å². The number of nitrogens with zero attached hydrogens (tertiary/aromatic N) is 3. The van der Waals surface area contributed by atoms with E-state index < -0.39 is 24.3 Å². The molecule has 63 heavy (non-hydrogen) atoms. The molecule has 2 fully saturated rings. The molecule has 326 valence electrons. The predicted molar refractivity (Wildman–Crippen MR) is 239 cm³/mol. The van der Waals surface area contributed by atoms with Gasteiger partial charge in [0.1, 0.15) is 30.3 Å². The highest BCUT2D eigenvalue weighted by molar-refractivity contribution is 6.07. The lowest BCUT2D eigenvalue weighted by Crippen LogP contribution is -2.52. The van der Waals surface area contributed by atoms with Crippen molar-refractivity contribution in [3.05, 3.63) is 108 Å². The molecule has 9 rings (SSSR count). The summed E-state index contributed by atoms with van der Waals surface area (Å²) in [6.45, 7) is 8.96. The van der Waals surface area contributed by atoms with Crippen molar-refractivity contribution >= 4 is 45.8 Å². The summed E-state index contributed by atoms with van der Waals surface area (Å²) in [6.07, 6.45) is 1.06. The van der Waals surface area contributed by atoms with Crippen molar-refractivity contribution in [3.63, 3.8) is 0 Å². The van der Waals surface area contributed by atoms with E-state index in [1.807, 2.05) is 67.0 Å². The molecule has 3 aliphatic rings. The fourth-order valence-corrected chi connectivity index (χ4v) is 9.76. The number of imidazole rings is 1. The minimum absolute atomic E-state index is 0.0261. The Bertz CT molecular complexity index is 2730. The van der Waals surface area contributed by atoms with Gasteiger partial charge in [-0.2, -0.15) is 0 Å². The van der Waals surface area contributed by atoms with E-state index in [2.05, 4.69) is 76.1 Å². The number of aromatic nitrogens is 3. The van der Waals surface area contributed by atoms with Gasteiger partial charge < -0.3 is 44.6 Å². The first-order chi connectivity index (χ1) is 30.4. The highest BCUT2D eigenvalue weighted by atomic mass is 16.5. The zero-order valence-electron chi connectivity index (χ0n) is 36.4. The molecule has 0 saturated carbocycles. The number of hydrogen-bond acceptors (Lipinski definition) is 8. The fourth-order valence-electron chi connectivity index (χ4n) is 9.76. The molecule has 5 heterocycles. The Morgan fingerprint density at radius 1 is 0.825 bits per heavy atom. The summed E-state index contributed by atoms with van der Waals surface area (Å²) in [7, 11) is 2.59. The number of carbonyl (C=O) groups excluding carboxylic acids is 4. The second kappa shape index (κ2) is 16.8. The highest BCUT2D eigenvalue weighted by Crippen LogP contribution is 2.44. The van der Waals surface area contributed by atoms with Crippen LogP contribution in [0.3, 0.4) is 0 Å². The second-order valence-corrected chi connectivity index (χ2v) is 17.5. The molecule has 0 spiro atoms. The first kappa shape index (κ1) is 41.5. The van der Waals surface area contributed by atoms with Gasteiger partial charge in [0.2, 0.25) is 11.8 Å². The van der Waals surface area contributed by atoms with Gasteiger partial charge in [-0.05, 0) is 102 Å². The number of benzene rings is 4. The van der Waals surface area contributed by atoms with Crippen LogP contribution in [0.5, 0.6) is 5.75 Å². The molecule has 4 aromatic carbocycles.